The van der Waals surface area contributed by atoms with Gasteiger partial charge in [-0.3, -0.25) is 9.89 Å². The first-order valence-corrected chi connectivity index (χ1v) is 8.13. The Morgan fingerprint density at radius 2 is 2.09 bits per heavy atom. The Bertz CT molecular complexity index is 623. The van der Waals surface area contributed by atoms with Crippen LogP contribution in [0, 0.1) is 5.92 Å². The largest absolute Gasteiger partial charge is 0.494 e. The summed E-state index contributed by atoms with van der Waals surface area (Å²) in [5, 5.41) is 9.43. The van der Waals surface area contributed by atoms with Crippen LogP contribution in [0.1, 0.15) is 36.3 Å². The number of rotatable bonds is 8. The molecule has 0 bridgehead atoms. The average Bonchev–Trinajstić information content (AvgIpc) is 2.94. The normalized spacial score (nSPS) is 10.8. The molecule has 0 spiro atoms. The van der Waals surface area contributed by atoms with Crippen molar-refractivity contribution in [2.75, 3.05) is 13.2 Å². The summed E-state index contributed by atoms with van der Waals surface area (Å²) in [4.78, 5) is 11.9. The predicted octanol–water partition coefficient (Wildman–Crippen LogP) is 3.46. The molecule has 0 aliphatic heterocycles. The van der Waals surface area contributed by atoms with Gasteiger partial charge in [0.15, 0.2) is 0 Å². The summed E-state index contributed by atoms with van der Waals surface area (Å²) in [6, 6.07) is 7.95. The van der Waals surface area contributed by atoms with Gasteiger partial charge in [-0.1, -0.05) is 37.6 Å². The van der Waals surface area contributed by atoms with Crippen molar-refractivity contribution in [2.24, 2.45) is 5.92 Å². The lowest BCUT2D eigenvalue weighted by atomic mass is 10.1. The number of amides is 1. The molecule has 1 amide bonds. The van der Waals surface area contributed by atoms with Crippen LogP contribution in [0.25, 0.3) is 0 Å². The second-order valence-corrected chi connectivity index (χ2v) is 6.18. The smallest absolute Gasteiger partial charge is 0.270 e. The molecule has 1 aromatic heterocycles. The van der Waals surface area contributed by atoms with E-state index in [2.05, 4.69) is 29.4 Å². The van der Waals surface area contributed by atoms with Crippen LogP contribution >= 0.6 is 11.6 Å². The molecule has 0 aliphatic carbocycles. The lowest BCUT2D eigenvalue weighted by Crippen LogP contribution is -2.26. The number of aromatic amines is 1. The fourth-order valence-electron chi connectivity index (χ4n) is 2.00. The van der Waals surface area contributed by atoms with Crippen LogP contribution in [0.3, 0.4) is 0 Å². The highest BCUT2D eigenvalue weighted by molar-refractivity contribution is 6.33. The number of benzene rings is 1. The molecule has 23 heavy (non-hydrogen) atoms. The first-order valence-electron chi connectivity index (χ1n) is 7.75. The van der Waals surface area contributed by atoms with Crippen molar-refractivity contribution in [1.29, 1.82) is 0 Å². The number of nitrogens with one attached hydrogen (secondary N) is 2. The number of hydrogen-bond acceptors (Lipinski definition) is 3. The summed E-state index contributed by atoms with van der Waals surface area (Å²) in [5.74, 6) is 1.27. The van der Waals surface area contributed by atoms with Crippen LogP contribution in [0.2, 0.25) is 5.02 Å². The van der Waals surface area contributed by atoms with E-state index < -0.39 is 0 Å². The number of carbonyl (C=O) groups is 1. The molecule has 0 saturated carbocycles. The molecule has 0 fully saturated rings. The molecule has 0 aliphatic rings. The number of carbonyl (C=O) groups excluding carboxylic acids is 1. The summed E-state index contributed by atoms with van der Waals surface area (Å²) in [7, 11) is 0. The lowest BCUT2D eigenvalue weighted by Gasteiger charge is -2.09. The van der Waals surface area contributed by atoms with E-state index in [0.29, 0.717) is 23.2 Å². The summed E-state index contributed by atoms with van der Waals surface area (Å²) in [6.45, 7) is 5.62. The minimum absolute atomic E-state index is 0.249. The zero-order chi connectivity index (χ0) is 16.7. The van der Waals surface area contributed by atoms with Crippen LogP contribution in [0.5, 0.6) is 5.75 Å². The van der Waals surface area contributed by atoms with E-state index in [0.717, 1.165) is 30.8 Å². The monoisotopic (exact) mass is 335 g/mol. The van der Waals surface area contributed by atoms with E-state index in [-0.39, 0.29) is 5.91 Å². The Morgan fingerprint density at radius 3 is 2.70 bits per heavy atom. The second kappa shape index (κ2) is 8.58. The van der Waals surface area contributed by atoms with Crippen molar-refractivity contribution >= 4 is 17.5 Å². The maximum absolute atomic E-state index is 11.9. The molecule has 2 N–H and O–H groups in total. The first kappa shape index (κ1) is 17.3. The number of hydrogen-bond donors (Lipinski definition) is 2. The molecule has 0 saturated heterocycles. The van der Waals surface area contributed by atoms with Gasteiger partial charge in [0.05, 0.1) is 17.8 Å². The SMILES string of the molecule is CC(C)CCOc1ccc(CCNC(=O)c2[nH]ncc2Cl)cc1. The number of H-pyrrole nitrogens is 1. The molecule has 6 heteroatoms. The van der Waals surface area contributed by atoms with Gasteiger partial charge in [-0.05, 0) is 36.5 Å². The molecule has 0 radical (unpaired) electrons. The quantitative estimate of drug-likeness (QED) is 0.776. The highest BCUT2D eigenvalue weighted by atomic mass is 35.5. The van der Waals surface area contributed by atoms with Gasteiger partial charge < -0.3 is 10.1 Å². The molecule has 1 heterocycles. The summed E-state index contributed by atoms with van der Waals surface area (Å²) >= 11 is 5.84. The van der Waals surface area contributed by atoms with E-state index in [9.17, 15) is 4.79 Å². The van der Waals surface area contributed by atoms with Crippen molar-refractivity contribution < 1.29 is 9.53 Å². The zero-order valence-electron chi connectivity index (χ0n) is 13.4. The van der Waals surface area contributed by atoms with Crippen molar-refractivity contribution in [3.05, 3.63) is 46.7 Å². The molecular weight excluding hydrogens is 314 g/mol. The van der Waals surface area contributed by atoms with Crippen molar-refractivity contribution in [3.8, 4) is 5.75 Å². The van der Waals surface area contributed by atoms with Crippen LogP contribution in [-0.4, -0.2) is 29.3 Å². The topological polar surface area (TPSA) is 67.0 Å². The molecular formula is C17H22ClN3O2. The molecule has 1 aromatic carbocycles. The fraction of sp³-hybridized carbons (Fsp3) is 0.412. The second-order valence-electron chi connectivity index (χ2n) is 5.77. The summed E-state index contributed by atoms with van der Waals surface area (Å²) < 4.78 is 5.68. The third-order valence-electron chi connectivity index (χ3n) is 3.41. The Kier molecular flexibility index (Phi) is 6.47. The first-order chi connectivity index (χ1) is 11.1. The Hall–Kier alpha value is -2.01. The minimum Gasteiger partial charge on any atom is -0.494 e. The van der Waals surface area contributed by atoms with E-state index in [4.69, 9.17) is 16.3 Å². The number of nitrogens with zero attached hydrogens (tertiary/aromatic N) is 1. The lowest BCUT2D eigenvalue weighted by molar-refractivity contribution is 0.0949. The molecule has 0 unspecified atom stereocenters. The van der Waals surface area contributed by atoms with Gasteiger partial charge in [-0.25, -0.2) is 0 Å². The fourth-order valence-corrected chi connectivity index (χ4v) is 2.18. The molecule has 0 atom stereocenters. The van der Waals surface area contributed by atoms with Crippen LogP contribution in [0.4, 0.5) is 0 Å². The summed E-state index contributed by atoms with van der Waals surface area (Å²) in [5.41, 5.74) is 1.43. The van der Waals surface area contributed by atoms with Crippen LogP contribution < -0.4 is 10.1 Å². The van der Waals surface area contributed by atoms with Gasteiger partial charge in [0, 0.05) is 6.54 Å². The van der Waals surface area contributed by atoms with Gasteiger partial charge in [0.1, 0.15) is 11.4 Å². The number of aromatic nitrogens is 2. The van der Waals surface area contributed by atoms with Crippen LogP contribution in [0.15, 0.2) is 30.5 Å². The third kappa shape index (κ3) is 5.60. The van der Waals surface area contributed by atoms with E-state index in [1.165, 1.54) is 6.20 Å². The zero-order valence-corrected chi connectivity index (χ0v) is 14.2. The molecule has 2 aromatic rings. The predicted molar refractivity (Wildman–Crippen MR) is 91.0 cm³/mol. The van der Waals surface area contributed by atoms with Gasteiger partial charge in [-0.15, -0.1) is 0 Å². The molecule has 2 rings (SSSR count). The van der Waals surface area contributed by atoms with E-state index >= 15 is 0 Å². The molecule has 5 nitrogen and oxygen atoms in total. The maximum atomic E-state index is 11.9. The van der Waals surface area contributed by atoms with Crippen molar-refractivity contribution in [1.82, 2.24) is 15.5 Å². The average molecular weight is 336 g/mol. The van der Waals surface area contributed by atoms with Crippen LogP contribution in [-0.2, 0) is 6.42 Å². The van der Waals surface area contributed by atoms with Gasteiger partial charge in [0.25, 0.3) is 5.91 Å². The maximum Gasteiger partial charge on any atom is 0.270 e. The van der Waals surface area contributed by atoms with E-state index in [1.807, 2.05) is 24.3 Å². The van der Waals surface area contributed by atoms with E-state index in [1.54, 1.807) is 0 Å². The minimum atomic E-state index is -0.249. The highest BCUT2D eigenvalue weighted by Gasteiger charge is 2.11. The standard InChI is InChI=1S/C17H22ClN3O2/c1-12(2)8-10-23-14-5-3-13(4-6-14)7-9-19-17(22)16-15(18)11-20-21-16/h3-6,11-12H,7-10H2,1-2H3,(H,19,22)(H,20,21). The van der Waals surface area contributed by atoms with Gasteiger partial charge >= 0.3 is 0 Å². The molecule has 124 valence electrons. The van der Waals surface area contributed by atoms with Gasteiger partial charge in [-0.2, -0.15) is 5.10 Å². The third-order valence-corrected chi connectivity index (χ3v) is 3.69. The number of halogens is 1. The van der Waals surface area contributed by atoms with Crippen molar-refractivity contribution in [3.63, 3.8) is 0 Å². The van der Waals surface area contributed by atoms with Gasteiger partial charge in [0.2, 0.25) is 0 Å². The Morgan fingerprint density at radius 1 is 1.35 bits per heavy atom. The highest BCUT2D eigenvalue weighted by Crippen LogP contribution is 2.14. The van der Waals surface area contributed by atoms with Crippen molar-refractivity contribution in [2.45, 2.75) is 26.7 Å². The number of ether oxygens (including phenoxy) is 1. The summed E-state index contributed by atoms with van der Waals surface area (Å²) in [6.07, 6.45) is 3.20. The Labute approximate surface area is 141 Å². The Balaban J connectivity index is 1.74.